The third-order valence-corrected chi connectivity index (χ3v) is 3.61. The van der Waals surface area contributed by atoms with Gasteiger partial charge in [-0.05, 0) is 48.5 Å². The van der Waals surface area contributed by atoms with Crippen LogP contribution < -0.4 is 22.5 Å². The van der Waals surface area contributed by atoms with Crippen LogP contribution in [0.25, 0.3) is 0 Å². The number of aromatic carboxylic acids is 1. The lowest BCUT2D eigenvalue weighted by Crippen LogP contribution is -2.09. The second-order valence-corrected chi connectivity index (χ2v) is 6.22. The van der Waals surface area contributed by atoms with Gasteiger partial charge in [0.15, 0.2) is 0 Å². The summed E-state index contributed by atoms with van der Waals surface area (Å²) < 4.78 is 40.8. The van der Waals surface area contributed by atoms with Gasteiger partial charge in [0.1, 0.15) is 6.07 Å². The fourth-order valence-electron chi connectivity index (χ4n) is 2.15. The number of nitrogens with one attached hydrogen (secondary N) is 1. The molecule has 1 amide bonds. The van der Waals surface area contributed by atoms with E-state index in [-0.39, 0.29) is 23.0 Å². The predicted octanol–water partition coefficient (Wildman–Crippen LogP) is 3.95. The van der Waals surface area contributed by atoms with Crippen LogP contribution in [0.5, 0.6) is 0 Å². The maximum atomic E-state index is 12.1. The van der Waals surface area contributed by atoms with Crippen molar-refractivity contribution in [2.45, 2.75) is 13.1 Å². The first-order chi connectivity index (χ1) is 15.3. The lowest BCUT2D eigenvalue weighted by atomic mass is 10.1. The van der Waals surface area contributed by atoms with E-state index in [0.717, 1.165) is 12.1 Å². The van der Waals surface area contributed by atoms with Gasteiger partial charge in [-0.2, -0.15) is 18.4 Å². The Morgan fingerprint density at radius 3 is 2.12 bits per heavy atom. The number of anilines is 4. The molecule has 12 heteroatoms. The second-order valence-electron chi connectivity index (χ2n) is 6.22. The molecule has 0 aliphatic carbocycles. The van der Waals surface area contributed by atoms with Crippen molar-refractivity contribution < 1.29 is 32.3 Å². The number of nitriles is 1. The number of halogens is 3. The van der Waals surface area contributed by atoms with Crippen molar-refractivity contribution in [1.29, 1.82) is 5.26 Å². The van der Waals surface area contributed by atoms with Crippen molar-refractivity contribution >= 4 is 34.6 Å². The van der Waals surface area contributed by atoms with Gasteiger partial charge in [0.2, 0.25) is 11.7 Å². The van der Waals surface area contributed by atoms with Crippen LogP contribution in [0, 0.1) is 11.3 Å². The molecular formula is C21H20F3N5O4. The summed E-state index contributed by atoms with van der Waals surface area (Å²) in [7, 11) is 0. The van der Waals surface area contributed by atoms with Crippen LogP contribution in [-0.2, 0) is 11.0 Å². The van der Waals surface area contributed by atoms with E-state index in [4.69, 9.17) is 27.6 Å². The summed E-state index contributed by atoms with van der Waals surface area (Å²) in [5, 5.41) is 19.4. The summed E-state index contributed by atoms with van der Waals surface area (Å²) in [6.07, 6.45) is -3.11. The molecule has 0 atom stereocenters. The average Bonchev–Trinajstić information content (AvgIpc) is 3.26. The summed E-state index contributed by atoms with van der Waals surface area (Å²) >= 11 is 0. The molecule has 0 saturated carbocycles. The largest absolute Gasteiger partial charge is 0.475 e. The van der Waals surface area contributed by atoms with Crippen LogP contribution >= 0.6 is 0 Å². The van der Waals surface area contributed by atoms with E-state index in [1.807, 2.05) is 6.07 Å². The van der Waals surface area contributed by atoms with Crippen molar-refractivity contribution in [2.75, 3.05) is 22.5 Å². The van der Waals surface area contributed by atoms with Crippen LogP contribution in [0.1, 0.15) is 28.6 Å². The topological polar surface area (TPSA) is 181 Å². The Bertz CT molecular complexity index is 1140. The molecule has 0 bridgehead atoms. The average molecular weight is 463 g/mol. The Kier molecular flexibility index (Phi) is 9.32. The summed E-state index contributed by atoms with van der Waals surface area (Å²) in [5.41, 5.74) is 16.0. The number of alkyl halides is 3. The molecule has 0 spiro atoms. The lowest BCUT2D eigenvalue weighted by Gasteiger charge is -2.09. The number of nitrogens with two attached hydrogens (primary N) is 3. The standard InChI is InChI=1S/C9H9N3O.C7H7F3N2.C5H4O3/c1-6(13)12-8-2-3-9(11)7(4-8)5-10;8-7(9,10)5-3-4(11)1-2-6(5)12;6-5(7)4-2-1-3-8-4/h2-4H,11H2,1H3,(H,12,13);1-3H,11-12H2;1-3H,(H,6,7). The van der Waals surface area contributed by atoms with Crippen molar-refractivity contribution in [3.8, 4) is 6.07 Å². The molecule has 0 fully saturated rings. The number of furan rings is 1. The molecule has 8 N–H and O–H groups in total. The summed E-state index contributed by atoms with van der Waals surface area (Å²) in [6, 6.07) is 12.9. The van der Waals surface area contributed by atoms with Crippen LogP contribution in [0.4, 0.5) is 35.9 Å². The third-order valence-electron chi connectivity index (χ3n) is 3.61. The van der Waals surface area contributed by atoms with Gasteiger partial charge in [0.05, 0.1) is 17.4 Å². The fraction of sp³-hybridized carbons (Fsp3) is 0.0952. The number of carbonyl (C=O) groups excluding carboxylic acids is 1. The smallest absolute Gasteiger partial charge is 0.418 e. The Morgan fingerprint density at radius 1 is 1.06 bits per heavy atom. The van der Waals surface area contributed by atoms with Crippen LogP contribution in [0.3, 0.4) is 0 Å². The first-order valence-corrected chi connectivity index (χ1v) is 8.91. The number of nitrogens with zero attached hydrogens (tertiary/aromatic N) is 1. The Morgan fingerprint density at radius 2 is 1.70 bits per heavy atom. The quantitative estimate of drug-likeness (QED) is 0.354. The summed E-state index contributed by atoms with van der Waals surface area (Å²) in [6.45, 7) is 1.41. The summed E-state index contributed by atoms with van der Waals surface area (Å²) in [5.74, 6) is -1.23. The van der Waals surface area contributed by atoms with E-state index in [1.54, 1.807) is 12.1 Å². The molecule has 33 heavy (non-hydrogen) atoms. The van der Waals surface area contributed by atoms with Gasteiger partial charge in [-0.15, -0.1) is 0 Å². The van der Waals surface area contributed by atoms with Crippen molar-refractivity contribution in [3.05, 3.63) is 71.7 Å². The van der Waals surface area contributed by atoms with Gasteiger partial charge in [0.25, 0.3) is 0 Å². The highest BCUT2D eigenvalue weighted by molar-refractivity contribution is 5.89. The molecule has 9 nitrogen and oxygen atoms in total. The predicted molar refractivity (Wildman–Crippen MR) is 116 cm³/mol. The molecular weight excluding hydrogens is 443 g/mol. The van der Waals surface area contributed by atoms with Gasteiger partial charge in [-0.25, -0.2) is 4.79 Å². The van der Waals surface area contributed by atoms with Gasteiger partial charge in [-0.1, -0.05) is 0 Å². The number of rotatable bonds is 2. The van der Waals surface area contributed by atoms with E-state index in [9.17, 15) is 22.8 Å². The number of carboxylic acid groups (broad SMARTS) is 1. The molecule has 0 unspecified atom stereocenters. The number of hydrogen-bond donors (Lipinski definition) is 5. The normalized spacial score (nSPS) is 9.91. The zero-order valence-electron chi connectivity index (χ0n) is 17.2. The maximum Gasteiger partial charge on any atom is 0.418 e. The van der Waals surface area contributed by atoms with Crippen molar-refractivity contribution in [3.63, 3.8) is 0 Å². The van der Waals surface area contributed by atoms with E-state index in [2.05, 4.69) is 9.73 Å². The minimum Gasteiger partial charge on any atom is -0.475 e. The molecule has 3 rings (SSSR count). The highest BCUT2D eigenvalue weighted by Gasteiger charge is 2.32. The highest BCUT2D eigenvalue weighted by Crippen LogP contribution is 2.34. The molecule has 0 aliphatic rings. The van der Waals surface area contributed by atoms with E-state index in [1.165, 1.54) is 37.5 Å². The van der Waals surface area contributed by atoms with Gasteiger partial charge in [-0.3, -0.25) is 4.79 Å². The lowest BCUT2D eigenvalue weighted by molar-refractivity contribution is -0.136. The van der Waals surface area contributed by atoms with E-state index < -0.39 is 17.7 Å². The van der Waals surface area contributed by atoms with Crippen LogP contribution in [0.15, 0.2) is 59.2 Å². The van der Waals surface area contributed by atoms with Crippen molar-refractivity contribution in [2.24, 2.45) is 0 Å². The molecule has 1 heterocycles. The second kappa shape index (κ2) is 11.7. The Hall–Kier alpha value is -4.66. The van der Waals surface area contributed by atoms with Crippen LogP contribution in [0.2, 0.25) is 0 Å². The Balaban J connectivity index is 0.000000254. The van der Waals surface area contributed by atoms with Gasteiger partial charge in [0, 0.05) is 29.7 Å². The SMILES string of the molecule is CC(=O)Nc1ccc(N)c(C#N)c1.Nc1ccc(N)c(C(F)(F)F)c1.O=C(O)c1ccco1. The number of benzene rings is 2. The van der Waals surface area contributed by atoms with Gasteiger partial charge < -0.3 is 32.0 Å². The molecule has 2 aromatic carbocycles. The molecule has 1 aromatic heterocycles. The number of carboxylic acids is 1. The number of carbonyl (C=O) groups is 2. The van der Waals surface area contributed by atoms with Crippen molar-refractivity contribution in [1.82, 2.24) is 0 Å². The molecule has 0 aliphatic heterocycles. The fourth-order valence-corrected chi connectivity index (χ4v) is 2.15. The number of hydrogen-bond acceptors (Lipinski definition) is 7. The summed E-state index contributed by atoms with van der Waals surface area (Å²) in [4.78, 5) is 20.6. The maximum absolute atomic E-state index is 12.1. The first-order valence-electron chi connectivity index (χ1n) is 8.91. The molecule has 174 valence electrons. The molecule has 0 radical (unpaired) electrons. The zero-order chi connectivity index (χ0) is 25.2. The monoisotopic (exact) mass is 463 g/mol. The molecule has 0 saturated heterocycles. The van der Waals surface area contributed by atoms with Crippen LogP contribution in [-0.4, -0.2) is 17.0 Å². The minimum atomic E-state index is -4.43. The van der Waals surface area contributed by atoms with E-state index >= 15 is 0 Å². The first kappa shape index (κ1) is 26.4. The minimum absolute atomic E-state index is 0.0231. The third kappa shape index (κ3) is 8.93. The molecule has 3 aromatic rings. The number of amides is 1. The Labute approximate surface area is 186 Å². The zero-order valence-corrected chi connectivity index (χ0v) is 17.2. The van der Waals surface area contributed by atoms with Gasteiger partial charge >= 0.3 is 12.1 Å². The number of nitrogen functional groups attached to an aromatic ring is 3. The highest BCUT2D eigenvalue weighted by atomic mass is 19.4. The van der Waals surface area contributed by atoms with E-state index in [0.29, 0.717) is 16.9 Å².